The monoisotopic (exact) mass is 306 g/mol. The van der Waals surface area contributed by atoms with E-state index in [0.717, 1.165) is 50.3 Å². The van der Waals surface area contributed by atoms with E-state index in [0.29, 0.717) is 12.5 Å². The molecular formula is C16H26N4O2. The van der Waals surface area contributed by atoms with Crippen LogP contribution in [0, 0.1) is 0 Å². The fourth-order valence-corrected chi connectivity index (χ4v) is 2.50. The van der Waals surface area contributed by atoms with Gasteiger partial charge in [0.25, 0.3) is 0 Å². The zero-order valence-electron chi connectivity index (χ0n) is 13.2. The van der Waals surface area contributed by atoms with Crippen LogP contribution in [-0.4, -0.2) is 55.4 Å². The van der Waals surface area contributed by atoms with Gasteiger partial charge in [0.05, 0.1) is 13.2 Å². The Morgan fingerprint density at radius 1 is 1.36 bits per heavy atom. The molecule has 0 spiro atoms. The van der Waals surface area contributed by atoms with E-state index >= 15 is 0 Å². The van der Waals surface area contributed by atoms with Gasteiger partial charge in [0.2, 0.25) is 0 Å². The Balaban J connectivity index is 1.66. The molecule has 0 atom stereocenters. The minimum Gasteiger partial charge on any atom is -0.497 e. The summed E-state index contributed by atoms with van der Waals surface area (Å²) in [7, 11) is 1.64. The van der Waals surface area contributed by atoms with Crippen LogP contribution in [0.25, 0.3) is 0 Å². The van der Waals surface area contributed by atoms with Crippen molar-refractivity contribution in [3.63, 3.8) is 0 Å². The van der Waals surface area contributed by atoms with Gasteiger partial charge >= 0.3 is 0 Å². The zero-order chi connectivity index (χ0) is 15.8. The van der Waals surface area contributed by atoms with Crippen molar-refractivity contribution in [2.75, 3.05) is 38.6 Å². The number of piperidine rings is 1. The lowest BCUT2D eigenvalue weighted by Gasteiger charge is -2.29. The van der Waals surface area contributed by atoms with Crippen LogP contribution in [0.2, 0.25) is 0 Å². The van der Waals surface area contributed by atoms with Crippen LogP contribution in [0.5, 0.6) is 5.75 Å². The topological polar surface area (TPSA) is 83.1 Å². The number of rotatable bonds is 6. The summed E-state index contributed by atoms with van der Waals surface area (Å²) >= 11 is 0. The number of nitrogens with one attached hydrogen (secondary N) is 1. The van der Waals surface area contributed by atoms with Crippen LogP contribution in [0.3, 0.4) is 0 Å². The van der Waals surface area contributed by atoms with E-state index in [1.54, 1.807) is 7.11 Å². The molecule has 0 aliphatic carbocycles. The number of nitrogens with two attached hydrogens (primary N) is 1. The van der Waals surface area contributed by atoms with Crippen molar-refractivity contribution in [2.45, 2.75) is 25.4 Å². The van der Waals surface area contributed by atoms with E-state index < -0.39 is 0 Å². The van der Waals surface area contributed by atoms with Gasteiger partial charge in [-0.1, -0.05) is 0 Å². The lowest BCUT2D eigenvalue weighted by atomic mass is 10.1. The molecule has 0 radical (unpaired) electrons. The maximum atomic E-state index is 9.46. The molecule has 1 saturated heterocycles. The molecule has 6 nitrogen and oxygen atoms in total. The molecule has 1 aromatic carbocycles. The highest BCUT2D eigenvalue weighted by molar-refractivity contribution is 5.92. The fraction of sp³-hybridized carbons (Fsp3) is 0.562. The number of methoxy groups -OCH3 is 1. The minimum absolute atomic E-state index is 0.112. The summed E-state index contributed by atoms with van der Waals surface area (Å²) in [5.41, 5.74) is 6.77. The van der Waals surface area contributed by atoms with Crippen LogP contribution in [-0.2, 0) is 0 Å². The molecule has 1 fully saturated rings. The van der Waals surface area contributed by atoms with Gasteiger partial charge in [-0.05, 0) is 50.1 Å². The lowest BCUT2D eigenvalue weighted by molar-refractivity contribution is 0.0824. The normalized spacial score (nSPS) is 17.5. The van der Waals surface area contributed by atoms with E-state index in [4.69, 9.17) is 10.5 Å². The maximum Gasteiger partial charge on any atom is 0.193 e. The molecule has 0 saturated carbocycles. The van der Waals surface area contributed by atoms with Gasteiger partial charge in [-0.15, -0.1) is 0 Å². The predicted molar refractivity (Wildman–Crippen MR) is 89.4 cm³/mol. The number of aliphatic imine (C=N–C) groups is 1. The third-order valence-corrected chi connectivity index (χ3v) is 3.83. The second-order valence-corrected chi connectivity index (χ2v) is 5.55. The first-order valence-corrected chi connectivity index (χ1v) is 7.79. The van der Waals surface area contributed by atoms with Gasteiger partial charge in [0.1, 0.15) is 5.75 Å². The summed E-state index contributed by atoms with van der Waals surface area (Å²) < 4.78 is 5.11. The maximum absolute atomic E-state index is 9.46. The van der Waals surface area contributed by atoms with Gasteiger partial charge in [0, 0.05) is 25.3 Å². The number of nitrogens with zero attached hydrogens (tertiary/aromatic N) is 2. The Morgan fingerprint density at radius 2 is 2.05 bits per heavy atom. The third-order valence-electron chi connectivity index (χ3n) is 3.83. The molecule has 4 N–H and O–H groups in total. The predicted octanol–water partition coefficient (Wildman–Crippen LogP) is 1.27. The molecule has 0 unspecified atom stereocenters. The first kappa shape index (κ1) is 16.6. The highest BCUT2D eigenvalue weighted by Crippen LogP contribution is 2.14. The van der Waals surface area contributed by atoms with Crippen molar-refractivity contribution < 1.29 is 9.84 Å². The first-order valence-electron chi connectivity index (χ1n) is 7.79. The number of benzene rings is 1. The van der Waals surface area contributed by atoms with Crippen molar-refractivity contribution >= 4 is 11.6 Å². The Hall–Kier alpha value is -1.79. The summed E-state index contributed by atoms with van der Waals surface area (Å²) in [6, 6.07) is 7.56. The Labute approximate surface area is 132 Å². The zero-order valence-corrected chi connectivity index (χ0v) is 13.2. The average Bonchev–Trinajstić information content (AvgIpc) is 2.54. The number of guanidine groups is 1. The second kappa shape index (κ2) is 8.60. The molecule has 6 heteroatoms. The van der Waals surface area contributed by atoms with Crippen LogP contribution >= 0.6 is 0 Å². The average molecular weight is 306 g/mol. The minimum atomic E-state index is -0.112. The number of aliphatic hydroxyl groups excluding tert-OH is 1. The van der Waals surface area contributed by atoms with Gasteiger partial charge in [-0.2, -0.15) is 0 Å². The molecule has 1 heterocycles. The number of ether oxygens (including phenoxy) is 1. The number of hydrogen-bond acceptors (Lipinski definition) is 4. The van der Waals surface area contributed by atoms with Crippen LogP contribution in [0.4, 0.5) is 5.69 Å². The summed E-state index contributed by atoms with van der Waals surface area (Å²) in [5.74, 6) is 1.24. The molecule has 1 aromatic rings. The summed E-state index contributed by atoms with van der Waals surface area (Å²) in [6.45, 7) is 3.66. The molecule has 122 valence electrons. The molecule has 2 rings (SSSR count). The highest BCUT2D eigenvalue weighted by Gasteiger charge is 2.15. The molecule has 0 bridgehead atoms. The van der Waals surface area contributed by atoms with Gasteiger partial charge in [-0.3, -0.25) is 4.99 Å². The van der Waals surface area contributed by atoms with Gasteiger partial charge in [-0.25, -0.2) is 0 Å². The van der Waals surface area contributed by atoms with Crippen LogP contribution < -0.4 is 15.8 Å². The molecule has 22 heavy (non-hydrogen) atoms. The summed E-state index contributed by atoms with van der Waals surface area (Å²) in [5, 5.41) is 12.5. The van der Waals surface area contributed by atoms with E-state index in [1.807, 2.05) is 24.3 Å². The van der Waals surface area contributed by atoms with E-state index in [9.17, 15) is 5.11 Å². The van der Waals surface area contributed by atoms with E-state index in [-0.39, 0.29) is 6.10 Å². The standard InChI is InChI=1S/C16H26N4O2/c1-22-15-5-3-13(4-6-15)19-16(17)18-9-2-10-20-11-7-14(21)8-12-20/h3-6,14,21H,2,7-12H2,1H3,(H3,17,18,19). The van der Waals surface area contributed by atoms with Gasteiger partial charge < -0.3 is 25.8 Å². The molecular weight excluding hydrogens is 280 g/mol. The Bertz CT molecular complexity index is 468. The van der Waals surface area contributed by atoms with E-state index in [2.05, 4.69) is 15.2 Å². The largest absolute Gasteiger partial charge is 0.497 e. The van der Waals surface area contributed by atoms with Crippen molar-refractivity contribution in [3.8, 4) is 5.75 Å². The number of hydrogen-bond donors (Lipinski definition) is 3. The fourth-order valence-electron chi connectivity index (χ4n) is 2.50. The van der Waals surface area contributed by atoms with Gasteiger partial charge in [0.15, 0.2) is 5.96 Å². The summed E-state index contributed by atoms with van der Waals surface area (Å²) in [4.78, 5) is 6.71. The highest BCUT2D eigenvalue weighted by atomic mass is 16.5. The molecule has 1 aliphatic heterocycles. The van der Waals surface area contributed by atoms with Crippen LogP contribution in [0.1, 0.15) is 19.3 Å². The number of aliphatic hydroxyl groups is 1. The van der Waals surface area contributed by atoms with E-state index in [1.165, 1.54) is 0 Å². The molecule has 0 aromatic heterocycles. The smallest absolute Gasteiger partial charge is 0.193 e. The third kappa shape index (κ3) is 5.54. The molecule has 0 amide bonds. The first-order chi connectivity index (χ1) is 10.7. The number of anilines is 1. The number of likely N-dealkylation sites (tertiary alicyclic amines) is 1. The van der Waals surface area contributed by atoms with Crippen molar-refractivity contribution in [1.82, 2.24) is 4.90 Å². The van der Waals surface area contributed by atoms with Crippen LogP contribution in [0.15, 0.2) is 29.3 Å². The Morgan fingerprint density at radius 3 is 2.68 bits per heavy atom. The molecule has 1 aliphatic rings. The van der Waals surface area contributed by atoms with Crippen molar-refractivity contribution in [1.29, 1.82) is 0 Å². The summed E-state index contributed by atoms with van der Waals surface area (Å²) in [6.07, 6.45) is 2.62. The lowest BCUT2D eigenvalue weighted by Crippen LogP contribution is -2.36. The Kier molecular flexibility index (Phi) is 6.48. The quantitative estimate of drug-likeness (QED) is 0.419. The second-order valence-electron chi connectivity index (χ2n) is 5.55. The SMILES string of the molecule is COc1ccc(NC(N)=NCCCN2CCC(O)CC2)cc1. The van der Waals surface area contributed by atoms with Crippen molar-refractivity contribution in [3.05, 3.63) is 24.3 Å². The van der Waals surface area contributed by atoms with Crippen molar-refractivity contribution in [2.24, 2.45) is 10.7 Å².